The molecule has 0 saturated carbocycles. The quantitative estimate of drug-likeness (QED) is 0.920. The largest absolute Gasteiger partial charge is 0.328 e. The molecule has 6 heteroatoms. The van der Waals surface area contributed by atoms with Crippen LogP contribution in [0.3, 0.4) is 0 Å². The van der Waals surface area contributed by atoms with Gasteiger partial charge in [-0.15, -0.1) is 0 Å². The summed E-state index contributed by atoms with van der Waals surface area (Å²) in [6.07, 6.45) is 7.17. The van der Waals surface area contributed by atoms with Crippen molar-refractivity contribution >= 4 is 0 Å². The summed E-state index contributed by atoms with van der Waals surface area (Å²) in [5.41, 5.74) is 1.19. The summed E-state index contributed by atoms with van der Waals surface area (Å²) in [6, 6.07) is 4.19. The van der Waals surface area contributed by atoms with Gasteiger partial charge in [-0.1, -0.05) is 6.07 Å². The van der Waals surface area contributed by atoms with Gasteiger partial charge < -0.3 is 0 Å². The number of pyridine rings is 1. The van der Waals surface area contributed by atoms with Gasteiger partial charge in [0.1, 0.15) is 0 Å². The van der Waals surface area contributed by atoms with Gasteiger partial charge in [-0.2, -0.15) is 0 Å². The van der Waals surface area contributed by atoms with Crippen molar-refractivity contribution in [2.75, 3.05) is 13.1 Å². The zero-order chi connectivity index (χ0) is 15.5. The van der Waals surface area contributed by atoms with Crippen LogP contribution in [0.1, 0.15) is 30.0 Å². The van der Waals surface area contributed by atoms with Gasteiger partial charge >= 0.3 is 5.69 Å². The molecule has 116 valence electrons. The molecule has 1 aliphatic rings. The summed E-state index contributed by atoms with van der Waals surface area (Å²) in [5.74, 6) is 0. The number of nitrogens with one attached hydrogen (secondary N) is 1. The van der Waals surface area contributed by atoms with Gasteiger partial charge in [0.15, 0.2) is 0 Å². The Bertz CT molecular complexity index is 743. The molecular formula is C16H20N4O2. The number of likely N-dealkylation sites (tertiary alicyclic amines) is 1. The average Bonchev–Trinajstić information content (AvgIpc) is 2.53. The van der Waals surface area contributed by atoms with Crippen LogP contribution in [-0.4, -0.2) is 32.5 Å². The van der Waals surface area contributed by atoms with Crippen LogP contribution in [0.15, 0.2) is 40.3 Å². The summed E-state index contributed by atoms with van der Waals surface area (Å²) >= 11 is 0. The molecule has 2 aromatic heterocycles. The molecule has 1 aliphatic heterocycles. The second-order valence-electron chi connectivity index (χ2n) is 5.85. The number of aryl methyl sites for hydroxylation is 1. The summed E-state index contributed by atoms with van der Waals surface area (Å²) in [4.78, 5) is 32.3. The molecule has 22 heavy (non-hydrogen) atoms. The SMILES string of the molecule is Cc1cn(C2CCN(Cc3cccnc3)CC2)c(=O)[nH]c1=O. The number of nitrogens with zero attached hydrogens (tertiary/aromatic N) is 3. The van der Waals surface area contributed by atoms with Crippen molar-refractivity contribution < 1.29 is 0 Å². The second kappa shape index (κ2) is 6.27. The van der Waals surface area contributed by atoms with Gasteiger partial charge in [-0.3, -0.25) is 24.2 Å². The number of H-pyrrole nitrogens is 1. The van der Waals surface area contributed by atoms with E-state index >= 15 is 0 Å². The Hall–Kier alpha value is -2.21. The number of aromatic nitrogens is 3. The first kappa shape index (κ1) is 14.7. The molecule has 3 rings (SSSR count). The van der Waals surface area contributed by atoms with Crippen molar-refractivity contribution in [3.8, 4) is 0 Å². The second-order valence-corrected chi connectivity index (χ2v) is 5.85. The lowest BCUT2D eigenvalue weighted by atomic mass is 10.0. The smallest absolute Gasteiger partial charge is 0.299 e. The van der Waals surface area contributed by atoms with E-state index in [1.807, 2.05) is 12.3 Å². The summed E-state index contributed by atoms with van der Waals surface area (Å²) in [6.45, 7) is 4.49. The topological polar surface area (TPSA) is 71.0 Å². The van der Waals surface area contributed by atoms with Gasteiger partial charge in [0, 0.05) is 49.8 Å². The molecule has 1 fully saturated rings. The van der Waals surface area contributed by atoms with Crippen molar-refractivity contribution in [3.63, 3.8) is 0 Å². The van der Waals surface area contributed by atoms with Crippen molar-refractivity contribution in [3.05, 3.63) is 62.7 Å². The Morgan fingerprint density at radius 3 is 2.77 bits per heavy atom. The predicted molar refractivity (Wildman–Crippen MR) is 83.8 cm³/mol. The van der Waals surface area contributed by atoms with Crippen LogP contribution in [-0.2, 0) is 6.54 Å². The highest BCUT2D eigenvalue weighted by Crippen LogP contribution is 2.22. The molecule has 1 N–H and O–H groups in total. The molecule has 6 nitrogen and oxygen atoms in total. The number of piperidine rings is 1. The Kier molecular flexibility index (Phi) is 4.20. The molecule has 0 atom stereocenters. The Labute approximate surface area is 128 Å². The van der Waals surface area contributed by atoms with Crippen LogP contribution in [0.5, 0.6) is 0 Å². The molecule has 0 aromatic carbocycles. The first-order chi connectivity index (χ1) is 10.6. The average molecular weight is 300 g/mol. The van der Waals surface area contributed by atoms with Gasteiger partial charge in [0.2, 0.25) is 0 Å². The Morgan fingerprint density at radius 2 is 2.09 bits per heavy atom. The third-order valence-corrected chi connectivity index (χ3v) is 4.23. The lowest BCUT2D eigenvalue weighted by Gasteiger charge is -2.32. The minimum atomic E-state index is -0.304. The highest BCUT2D eigenvalue weighted by Gasteiger charge is 2.21. The fraction of sp³-hybridized carbons (Fsp3) is 0.438. The maximum Gasteiger partial charge on any atom is 0.328 e. The van der Waals surface area contributed by atoms with Gasteiger partial charge in [-0.05, 0) is 31.4 Å². The van der Waals surface area contributed by atoms with E-state index in [2.05, 4.69) is 20.9 Å². The zero-order valence-corrected chi connectivity index (χ0v) is 12.7. The van der Waals surface area contributed by atoms with Crippen LogP contribution in [0.2, 0.25) is 0 Å². The molecule has 0 aliphatic carbocycles. The van der Waals surface area contributed by atoms with Gasteiger partial charge in [0.25, 0.3) is 5.56 Å². The maximum atomic E-state index is 11.9. The van der Waals surface area contributed by atoms with E-state index in [1.165, 1.54) is 5.56 Å². The van der Waals surface area contributed by atoms with Crippen LogP contribution in [0.25, 0.3) is 0 Å². The summed E-state index contributed by atoms with van der Waals surface area (Å²) in [5, 5.41) is 0. The van der Waals surface area contributed by atoms with E-state index in [1.54, 1.807) is 23.9 Å². The molecule has 0 bridgehead atoms. The molecule has 2 aromatic rings. The minimum absolute atomic E-state index is 0.160. The Balaban J connectivity index is 1.66. The van der Waals surface area contributed by atoms with E-state index in [-0.39, 0.29) is 17.3 Å². The predicted octanol–water partition coefficient (Wildman–Crippen LogP) is 1.08. The summed E-state index contributed by atoms with van der Waals surface area (Å²) in [7, 11) is 0. The standard InChI is InChI=1S/C16H20N4O2/c1-12-10-20(16(22)18-15(12)21)14-4-7-19(8-5-14)11-13-3-2-6-17-9-13/h2-3,6,9-10,14H,4-5,7-8,11H2,1H3,(H,18,21,22). The first-order valence-corrected chi connectivity index (χ1v) is 7.57. The third-order valence-electron chi connectivity index (χ3n) is 4.23. The monoisotopic (exact) mass is 300 g/mol. The number of hydrogen-bond acceptors (Lipinski definition) is 4. The first-order valence-electron chi connectivity index (χ1n) is 7.57. The molecule has 1 saturated heterocycles. The zero-order valence-electron chi connectivity index (χ0n) is 12.7. The molecule has 0 spiro atoms. The lowest BCUT2D eigenvalue weighted by Crippen LogP contribution is -2.39. The van der Waals surface area contributed by atoms with Crippen LogP contribution >= 0.6 is 0 Å². The molecular weight excluding hydrogens is 280 g/mol. The fourth-order valence-electron chi connectivity index (χ4n) is 2.96. The summed E-state index contributed by atoms with van der Waals surface area (Å²) < 4.78 is 1.68. The number of rotatable bonds is 3. The molecule has 0 amide bonds. The molecule has 0 unspecified atom stereocenters. The van der Waals surface area contributed by atoms with Crippen molar-refractivity contribution in [2.24, 2.45) is 0 Å². The van der Waals surface area contributed by atoms with Gasteiger partial charge in [-0.25, -0.2) is 4.79 Å². The Morgan fingerprint density at radius 1 is 1.32 bits per heavy atom. The highest BCUT2D eigenvalue weighted by molar-refractivity contribution is 5.08. The van der Waals surface area contributed by atoms with Crippen molar-refractivity contribution in [1.82, 2.24) is 19.4 Å². The van der Waals surface area contributed by atoms with E-state index in [0.717, 1.165) is 32.5 Å². The van der Waals surface area contributed by atoms with Crippen LogP contribution in [0.4, 0.5) is 0 Å². The van der Waals surface area contributed by atoms with Crippen LogP contribution < -0.4 is 11.2 Å². The van der Waals surface area contributed by atoms with Crippen molar-refractivity contribution in [1.29, 1.82) is 0 Å². The maximum absolute atomic E-state index is 11.9. The van der Waals surface area contributed by atoms with Crippen LogP contribution in [0, 0.1) is 6.92 Å². The minimum Gasteiger partial charge on any atom is -0.299 e. The van der Waals surface area contributed by atoms with E-state index in [4.69, 9.17) is 0 Å². The van der Waals surface area contributed by atoms with E-state index < -0.39 is 0 Å². The van der Waals surface area contributed by atoms with Crippen molar-refractivity contribution in [2.45, 2.75) is 32.4 Å². The van der Waals surface area contributed by atoms with Gasteiger partial charge in [0.05, 0.1) is 0 Å². The molecule has 0 radical (unpaired) electrons. The fourth-order valence-corrected chi connectivity index (χ4v) is 2.96. The number of aromatic amines is 1. The van der Waals surface area contributed by atoms with E-state index in [0.29, 0.717) is 5.56 Å². The molecule has 3 heterocycles. The normalized spacial score (nSPS) is 16.8. The highest BCUT2D eigenvalue weighted by atomic mass is 16.2. The lowest BCUT2D eigenvalue weighted by molar-refractivity contribution is 0.176. The third kappa shape index (κ3) is 3.17. The van der Waals surface area contributed by atoms with E-state index in [9.17, 15) is 9.59 Å². The number of hydrogen-bond donors (Lipinski definition) is 1.